The third kappa shape index (κ3) is 4.23. The molecule has 1 N–H and O–H groups in total. The van der Waals surface area contributed by atoms with Crippen molar-refractivity contribution in [1.29, 1.82) is 0 Å². The van der Waals surface area contributed by atoms with Gasteiger partial charge in [0.25, 0.3) is 0 Å². The summed E-state index contributed by atoms with van der Waals surface area (Å²) in [6, 6.07) is 1.52. The van der Waals surface area contributed by atoms with Gasteiger partial charge in [-0.15, -0.1) is 11.3 Å². The second-order valence-corrected chi connectivity index (χ2v) is 11.7. The van der Waals surface area contributed by atoms with Crippen LogP contribution in [0.2, 0.25) is 0 Å². The standard InChI is InChI=1S/C28H32FNO4S/c1-14-16-10-8-12-33-24(16)19(29)13-18(14)22-21(25(27(31)32)34-28(3,4)5)15(2)30-23-17-9-6-7-11-20(17)35-26(22)23/h13,25H,6-12H2,1-5H3,(H,31,32). The van der Waals surface area contributed by atoms with Crippen molar-refractivity contribution in [3.63, 3.8) is 0 Å². The third-order valence-electron chi connectivity index (χ3n) is 6.97. The number of pyridine rings is 1. The summed E-state index contributed by atoms with van der Waals surface area (Å²) in [5.74, 6) is -1.16. The number of carboxylic acids is 1. The van der Waals surface area contributed by atoms with Crippen molar-refractivity contribution >= 4 is 27.5 Å². The number of thiophene rings is 1. The van der Waals surface area contributed by atoms with Crippen LogP contribution in [-0.2, 0) is 28.8 Å². The number of carbonyl (C=O) groups is 1. The average Bonchev–Trinajstić information content (AvgIpc) is 3.17. The molecule has 1 aliphatic heterocycles. The number of rotatable bonds is 4. The van der Waals surface area contributed by atoms with Gasteiger partial charge in [-0.3, -0.25) is 4.98 Å². The van der Waals surface area contributed by atoms with Crippen molar-refractivity contribution in [2.75, 3.05) is 6.61 Å². The van der Waals surface area contributed by atoms with Gasteiger partial charge in [0.15, 0.2) is 17.7 Å². The summed E-state index contributed by atoms with van der Waals surface area (Å²) < 4.78 is 28.1. The van der Waals surface area contributed by atoms with E-state index in [0.717, 1.165) is 65.4 Å². The zero-order chi connectivity index (χ0) is 25.1. The SMILES string of the molecule is Cc1nc2c3c(sc2c(-c2cc(F)c4c(c2C)CCCO4)c1C(OC(C)(C)C)C(=O)O)CCCC3. The predicted octanol–water partition coefficient (Wildman–Crippen LogP) is 6.86. The Hall–Kier alpha value is -2.51. The first-order valence-electron chi connectivity index (χ1n) is 12.4. The molecule has 0 saturated heterocycles. The number of aromatic nitrogens is 1. The van der Waals surface area contributed by atoms with Gasteiger partial charge in [-0.05, 0) is 95.9 Å². The molecule has 0 amide bonds. The van der Waals surface area contributed by atoms with E-state index < -0.39 is 23.5 Å². The summed E-state index contributed by atoms with van der Waals surface area (Å²) in [6.45, 7) is 9.87. The van der Waals surface area contributed by atoms with Crippen molar-refractivity contribution in [3.8, 4) is 16.9 Å². The number of nitrogens with zero attached hydrogens (tertiary/aromatic N) is 1. The number of benzene rings is 1. The van der Waals surface area contributed by atoms with Crippen LogP contribution in [0.1, 0.15) is 79.0 Å². The summed E-state index contributed by atoms with van der Waals surface area (Å²) in [5, 5.41) is 10.3. The first-order chi connectivity index (χ1) is 16.6. The second kappa shape index (κ2) is 8.86. The van der Waals surface area contributed by atoms with Crippen molar-refractivity contribution in [2.24, 2.45) is 0 Å². The van der Waals surface area contributed by atoms with Gasteiger partial charge in [0.1, 0.15) is 0 Å². The predicted molar refractivity (Wildman–Crippen MR) is 136 cm³/mol. The van der Waals surface area contributed by atoms with Gasteiger partial charge in [-0.1, -0.05) is 0 Å². The van der Waals surface area contributed by atoms with E-state index in [4.69, 9.17) is 14.5 Å². The molecule has 1 atom stereocenters. The fourth-order valence-electron chi connectivity index (χ4n) is 5.46. The molecule has 2 aliphatic rings. The Labute approximate surface area is 209 Å². The number of hydrogen-bond donors (Lipinski definition) is 1. The number of fused-ring (bicyclic) bond motifs is 4. The van der Waals surface area contributed by atoms with E-state index in [1.807, 2.05) is 34.6 Å². The van der Waals surface area contributed by atoms with E-state index in [-0.39, 0.29) is 0 Å². The Bertz CT molecular complexity index is 1340. The highest BCUT2D eigenvalue weighted by molar-refractivity contribution is 7.19. The van der Waals surface area contributed by atoms with Gasteiger partial charge in [0.2, 0.25) is 0 Å². The van der Waals surface area contributed by atoms with Crippen LogP contribution in [0.3, 0.4) is 0 Å². The van der Waals surface area contributed by atoms with Crippen molar-refractivity contribution < 1.29 is 23.8 Å². The summed E-state index contributed by atoms with van der Waals surface area (Å²) in [4.78, 5) is 18.8. The number of hydrogen-bond acceptors (Lipinski definition) is 5. The Balaban J connectivity index is 1.88. The molecule has 0 saturated carbocycles. The van der Waals surface area contributed by atoms with Gasteiger partial charge in [0, 0.05) is 27.3 Å². The molecular formula is C28H32FNO4S. The van der Waals surface area contributed by atoms with Crippen LogP contribution in [0.25, 0.3) is 21.3 Å². The molecule has 1 aliphatic carbocycles. The Morgan fingerprint density at radius 1 is 1.17 bits per heavy atom. The van der Waals surface area contributed by atoms with Crippen LogP contribution < -0.4 is 4.74 Å². The molecule has 3 heterocycles. The molecule has 186 valence electrons. The van der Waals surface area contributed by atoms with Crippen molar-refractivity contribution in [3.05, 3.63) is 44.7 Å². The number of halogens is 1. The lowest BCUT2D eigenvalue weighted by molar-refractivity contribution is -0.160. The molecule has 0 spiro atoms. The minimum Gasteiger partial charge on any atom is -0.490 e. The molecule has 1 unspecified atom stereocenters. The zero-order valence-electron chi connectivity index (χ0n) is 21.0. The van der Waals surface area contributed by atoms with Crippen LogP contribution in [0.5, 0.6) is 5.75 Å². The topological polar surface area (TPSA) is 68.7 Å². The fraction of sp³-hybridized carbons (Fsp3) is 0.500. The van der Waals surface area contributed by atoms with E-state index >= 15 is 4.39 Å². The maximum atomic E-state index is 15.4. The minimum atomic E-state index is -1.23. The lowest BCUT2D eigenvalue weighted by Crippen LogP contribution is -2.28. The van der Waals surface area contributed by atoms with Crippen LogP contribution in [0, 0.1) is 19.7 Å². The molecule has 5 nitrogen and oxygen atoms in total. The minimum absolute atomic E-state index is 0.326. The van der Waals surface area contributed by atoms with Crippen molar-refractivity contribution in [2.45, 2.75) is 84.8 Å². The van der Waals surface area contributed by atoms with E-state index in [1.54, 1.807) is 11.3 Å². The maximum absolute atomic E-state index is 15.4. The normalized spacial score (nSPS) is 16.5. The van der Waals surface area contributed by atoms with Crippen LogP contribution in [0.4, 0.5) is 4.39 Å². The number of aliphatic carboxylic acids is 1. The summed E-state index contributed by atoms with van der Waals surface area (Å²) in [5.41, 5.74) is 5.87. The van der Waals surface area contributed by atoms with Crippen LogP contribution in [0.15, 0.2) is 6.07 Å². The van der Waals surface area contributed by atoms with Gasteiger partial charge in [-0.2, -0.15) is 0 Å². The smallest absolute Gasteiger partial charge is 0.337 e. The Morgan fingerprint density at radius 3 is 2.60 bits per heavy atom. The Kier molecular flexibility index (Phi) is 6.12. The number of carboxylic acid groups (broad SMARTS) is 1. The van der Waals surface area contributed by atoms with Gasteiger partial charge in [0.05, 0.1) is 22.4 Å². The monoisotopic (exact) mass is 497 g/mol. The van der Waals surface area contributed by atoms with E-state index in [0.29, 0.717) is 29.2 Å². The molecule has 2 aromatic heterocycles. The largest absolute Gasteiger partial charge is 0.490 e. The first kappa shape index (κ1) is 24.2. The molecule has 0 fully saturated rings. The lowest BCUT2D eigenvalue weighted by Gasteiger charge is -2.29. The highest BCUT2D eigenvalue weighted by Gasteiger charge is 2.35. The third-order valence-corrected chi connectivity index (χ3v) is 8.27. The molecule has 7 heteroatoms. The fourth-order valence-corrected chi connectivity index (χ4v) is 6.86. The molecule has 0 bridgehead atoms. The first-order valence-corrected chi connectivity index (χ1v) is 13.2. The molecule has 3 aromatic rings. The highest BCUT2D eigenvalue weighted by atomic mass is 32.1. The zero-order valence-corrected chi connectivity index (χ0v) is 21.8. The number of ether oxygens (including phenoxy) is 2. The molecule has 1 aromatic carbocycles. The van der Waals surface area contributed by atoms with Gasteiger partial charge in [-0.25, -0.2) is 9.18 Å². The average molecular weight is 498 g/mol. The highest BCUT2D eigenvalue weighted by Crippen LogP contribution is 2.48. The quantitative estimate of drug-likeness (QED) is 0.426. The lowest BCUT2D eigenvalue weighted by atomic mass is 9.87. The summed E-state index contributed by atoms with van der Waals surface area (Å²) in [6.07, 6.45) is 4.54. The Morgan fingerprint density at radius 2 is 1.89 bits per heavy atom. The van der Waals surface area contributed by atoms with Gasteiger partial charge >= 0.3 is 5.97 Å². The maximum Gasteiger partial charge on any atom is 0.337 e. The van der Waals surface area contributed by atoms with Crippen molar-refractivity contribution in [1.82, 2.24) is 4.98 Å². The van der Waals surface area contributed by atoms with E-state index in [2.05, 4.69) is 0 Å². The molecular weight excluding hydrogens is 465 g/mol. The second-order valence-electron chi connectivity index (χ2n) is 10.6. The van der Waals surface area contributed by atoms with E-state index in [9.17, 15) is 9.90 Å². The van der Waals surface area contributed by atoms with Gasteiger partial charge < -0.3 is 14.6 Å². The molecule has 5 rings (SSSR count). The van der Waals surface area contributed by atoms with Crippen LogP contribution in [-0.4, -0.2) is 28.3 Å². The van der Waals surface area contributed by atoms with Crippen LogP contribution >= 0.6 is 11.3 Å². The summed E-state index contributed by atoms with van der Waals surface area (Å²) in [7, 11) is 0. The molecule has 0 radical (unpaired) electrons. The van der Waals surface area contributed by atoms with E-state index in [1.165, 1.54) is 16.5 Å². The summed E-state index contributed by atoms with van der Waals surface area (Å²) >= 11 is 1.68. The molecule has 35 heavy (non-hydrogen) atoms. The number of aryl methyl sites for hydroxylation is 3.